The number of unbranched alkanes of at least 4 members (excludes halogenated alkanes) is 20. The summed E-state index contributed by atoms with van der Waals surface area (Å²) in [5.74, 6) is -0.0483. The molecular weight excluding hydrogens is 715 g/mol. The molecule has 0 rings (SSSR count). The van der Waals surface area contributed by atoms with Crippen molar-refractivity contribution in [3.8, 4) is 0 Å². The molecule has 0 radical (unpaired) electrons. The number of hydrogen-bond donors (Lipinski definition) is 3. The molecule has 0 aliphatic rings. The van der Waals surface area contributed by atoms with Crippen molar-refractivity contribution in [2.75, 3.05) is 39.5 Å². The van der Waals surface area contributed by atoms with E-state index < -0.39 is 12.2 Å². The first-order valence-corrected chi connectivity index (χ1v) is 24.8. The maximum atomic E-state index is 13.0. The van der Waals surface area contributed by atoms with Gasteiger partial charge in [0, 0.05) is 19.7 Å². The summed E-state index contributed by atoms with van der Waals surface area (Å²) in [6, 6.07) is 0. The van der Waals surface area contributed by atoms with E-state index >= 15 is 0 Å². The summed E-state index contributed by atoms with van der Waals surface area (Å²) in [5.41, 5.74) is 0. The number of nitrogens with zero attached hydrogens (tertiary/aromatic N) is 1. The van der Waals surface area contributed by atoms with E-state index in [1.807, 2.05) is 0 Å². The summed E-state index contributed by atoms with van der Waals surface area (Å²) in [4.78, 5) is 28.2. The van der Waals surface area contributed by atoms with E-state index in [1.54, 1.807) is 0 Å². The summed E-state index contributed by atoms with van der Waals surface area (Å²) >= 11 is 0. The molecule has 0 aromatic heterocycles. The summed E-state index contributed by atoms with van der Waals surface area (Å²) in [6.07, 6.45) is 33.7. The molecule has 0 aliphatic heterocycles. The quantitative estimate of drug-likeness (QED) is 0.0411. The van der Waals surface area contributed by atoms with E-state index in [1.165, 1.54) is 103 Å². The topological polar surface area (TPSA) is 117 Å². The van der Waals surface area contributed by atoms with Gasteiger partial charge in [-0.05, 0) is 90.0 Å². The summed E-state index contributed by atoms with van der Waals surface area (Å²) in [6.45, 7) is 11.6. The summed E-state index contributed by atoms with van der Waals surface area (Å²) in [5, 5.41) is 31.1. The molecule has 340 valence electrons. The van der Waals surface area contributed by atoms with Gasteiger partial charge in [-0.25, -0.2) is 0 Å². The first kappa shape index (κ1) is 55.8. The number of esters is 2. The highest BCUT2D eigenvalue weighted by Gasteiger charge is 2.21. The van der Waals surface area contributed by atoms with Crippen molar-refractivity contribution in [2.24, 2.45) is 11.8 Å². The highest BCUT2D eigenvalue weighted by Crippen LogP contribution is 2.22. The smallest absolute Gasteiger partial charge is 0.308 e. The Labute approximate surface area is 353 Å². The van der Waals surface area contributed by atoms with Gasteiger partial charge in [0.15, 0.2) is 0 Å². The van der Waals surface area contributed by atoms with Crippen LogP contribution in [0.4, 0.5) is 0 Å². The van der Waals surface area contributed by atoms with E-state index in [-0.39, 0.29) is 30.4 Å². The van der Waals surface area contributed by atoms with Gasteiger partial charge in [-0.15, -0.1) is 0 Å². The molecule has 0 aromatic rings. The van der Waals surface area contributed by atoms with Crippen molar-refractivity contribution >= 4 is 11.9 Å². The molecule has 0 aromatic carbocycles. The fourth-order valence-corrected chi connectivity index (χ4v) is 7.94. The minimum atomic E-state index is -0.518. The largest absolute Gasteiger partial charge is 0.465 e. The lowest BCUT2D eigenvalue weighted by Crippen LogP contribution is -2.38. The average Bonchev–Trinajstić information content (AvgIpc) is 3.20. The number of aliphatic hydroxyl groups is 3. The van der Waals surface area contributed by atoms with Gasteiger partial charge in [0.25, 0.3) is 0 Å². The van der Waals surface area contributed by atoms with Gasteiger partial charge >= 0.3 is 11.9 Å². The van der Waals surface area contributed by atoms with Gasteiger partial charge in [0.1, 0.15) is 0 Å². The van der Waals surface area contributed by atoms with Gasteiger partial charge in [-0.3, -0.25) is 14.5 Å². The Morgan fingerprint density at radius 3 is 1.11 bits per heavy atom. The molecule has 0 saturated heterocycles. The molecule has 0 saturated carbocycles. The van der Waals surface area contributed by atoms with Crippen molar-refractivity contribution in [1.82, 2.24) is 4.90 Å². The number of carbonyl (C=O) groups is 2. The Morgan fingerprint density at radius 1 is 0.421 bits per heavy atom. The maximum Gasteiger partial charge on any atom is 0.308 e. The highest BCUT2D eigenvalue weighted by molar-refractivity contribution is 5.72. The van der Waals surface area contributed by atoms with Crippen molar-refractivity contribution < 1.29 is 34.4 Å². The molecule has 8 heteroatoms. The van der Waals surface area contributed by atoms with Crippen LogP contribution in [0.25, 0.3) is 0 Å². The molecule has 0 aliphatic carbocycles. The SMILES string of the molecule is CCCCCCCCC(CCCCCC)C(=O)OCCCCC(O)CN(CCCCCO)CC(O)CCCCOC(=O)C(CCCCCC)CCCCCCCC. The minimum Gasteiger partial charge on any atom is -0.465 e. The molecule has 4 unspecified atom stereocenters. The van der Waals surface area contributed by atoms with Crippen molar-refractivity contribution in [3.05, 3.63) is 0 Å². The zero-order valence-electron chi connectivity index (χ0n) is 38.3. The van der Waals surface area contributed by atoms with Crippen LogP contribution in [0.3, 0.4) is 0 Å². The van der Waals surface area contributed by atoms with Crippen LogP contribution in [0.5, 0.6) is 0 Å². The van der Waals surface area contributed by atoms with Crippen molar-refractivity contribution in [1.29, 1.82) is 0 Å². The third-order valence-electron chi connectivity index (χ3n) is 11.7. The molecule has 4 atom stereocenters. The van der Waals surface area contributed by atoms with E-state index in [2.05, 4.69) is 32.6 Å². The second kappa shape index (κ2) is 42.9. The Kier molecular flexibility index (Phi) is 42.0. The minimum absolute atomic E-state index is 0.0108. The molecule has 0 heterocycles. The Bertz CT molecular complexity index is 796. The Hall–Kier alpha value is -1.22. The molecule has 8 nitrogen and oxygen atoms in total. The Morgan fingerprint density at radius 2 is 0.737 bits per heavy atom. The molecule has 0 bridgehead atoms. The van der Waals surface area contributed by atoms with Crippen LogP contribution < -0.4 is 0 Å². The molecule has 0 spiro atoms. The summed E-state index contributed by atoms with van der Waals surface area (Å²) < 4.78 is 11.5. The molecule has 57 heavy (non-hydrogen) atoms. The van der Waals surface area contributed by atoms with E-state index in [4.69, 9.17) is 9.47 Å². The monoisotopic (exact) mass is 812 g/mol. The zero-order valence-corrected chi connectivity index (χ0v) is 38.3. The number of ether oxygens (including phenoxy) is 2. The number of carbonyl (C=O) groups excluding carboxylic acids is 2. The van der Waals surface area contributed by atoms with Crippen molar-refractivity contribution in [3.63, 3.8) is 0 Å². The summed E-state index contributed by atoms with van der Waals surface area (Å²) in [7, 11) is 0. The van der Waals surface area contributed by atoms with Crippen LogP contribution in [-0.4, -0.2) is 83.8 Å². The van der Waals surface area contributed by atoms with Crippen LogP contribution in [0.1, 0.15) is 240 Å². The number of hydrogen-bond acceptors (Lipinski definition) is 8. The normalized spacial score (nSPS) is 13.8. The lowest BCUT2D eigenvalue weighted by Gasteiger charge is -2.27. The highest BCUT2D eigenvalue weighted by atomic mass is 16.5. The number of rotatable bonds is 45. The van der Waals surface area contributed by atoms with E-state index in [9.17, 15) is 24.9 Å². The second-order valence-corrected chi connectivity index (χ2v) is 17.4. The predicted octanol–water partition coefficient (Wildman–Crippen LogP) is 12.3. The van der Waals surface area contributed by atoms with Crippen LogP contribution in [0.15, 0.2) is 0 Å². The van der Waals surface area contributed by atoms with Crippen LogP contribution in [-0.2, 0) is 19.1 Å². The lowest BCUT2D eigenvalue weighted by molar-refractivity contribution is -0.150. The Balaban J connectivity index is 4.68. The first-order valence-electron chi connectivity index (χ1n) is 24.8. The van der Waals surface area contributed by atoms with Gasteiger partial charge in [0.05, 0.1) is 37.3 Å². The van der Waals surface area contributed by atoms with Gasteiger partial charge < -0.3 is 24.8 Å². The maximum absolute atomic E-state index is 13.0. The lowest BCUT2D eigenvalue weighted by atomic mass is 9.94. The van der Waals surface area contributed by atoms with Crippen LogP contribution in [0, 0.1) is 11.8 Å². The first-order chi connectivity index (χ1) is 27.8. The van der Waals surface area contributed by atoms with Gasteiger partial charge in [-0.2, -0.15) is 0 Å². The molecule has 0 amide bonds. The second-order valence-electron chi connectivity index (χ2n) is 17.4. The van der Waals surface area contributed by atoms with Crippen molar-refractivity contribution in [2.45, 2.75) is 252 Å². The molecular formula is C49H97NO7. The van der Waals surface area contributed by atoms with Gasteiger partial charge in [0.2, 0.25) is 0 Å². The van der Waals surface area contributed by atoms with E-state index in [0.29, 0.717) is 39.1 Å². The zero-order chi connectivity index (χ0) is 42.0. The fourth-order valence-electron chi connectivity index (χ4n) is 7.94. The van der Waals surface area contributed by atoms with Gasteiger partial charge in [-0.1, -0.05) is 156 Å². The number of aliphatic hydroxyl groups excluding tert-OH is 3. The molecule has 3 N–H and O–H groups in total. The standard InChI is InChI=1S/C49H97NO7/c1-5-9-13-17-19-24-34-44(32-22-15-11-7-3)48(54)56-40-30-26-36-46(52)42-50(38-28-21-29-39-51)43-47(53)37-27-31-41-57-49(55)45(33-23-16-12-8-4)35-25-20-18-14-10-6-2/h44-47,51-53H,5-43H2,1-4H3. The van der Waals surface area contributed by atoms with E-state index in [0.717, 1.165) is 103 Å². The third-order valence-corrected chi connectivity index (χ3v) is 11.7. The molecule has 0 fully saturated rings. The average molecular weight is 812 g/mol. The third kappa shape index (κ3) is 36.4. The predicted molar refractivity (Wildman–Crippen MR) is 239 cm³/mol. The van der Waals surface area contributed by atoms with Crippen LogP contribution >= 0.6 is 0 Å². The fraction of sp³-hybridized carbons (Fsp3) is 0.959. The van der Waals surface area contributed by atoms with Crippen LogP contribution in [0.2, 0.25) is 0 Å².